The highest BCUT2D eigenvalue weighted by Crippen LogP contribution is 2.14. The van der Waals surface area contributed by atoms with Crippen LogP contribution in [0.4, 0.5) is 5.69 Å². The van der Waals surface area contributed by atoms with Gasteiger partial charge in [0, 0.05) is 17.8 Å². The van der Waals surface area contributed by atoms with E-state index in [-0.39, 0.29) is 18.4 Å². The second-order valence-electron chi connectivity index (χ2n) is 5.67. The van der Waals surface area contributed by atoms with Gasteiger partial charge in [0.25, 0.3) is 11.8 Å². The number of hydrogen-bond donors (Lipinski definition) is 2. The van der Waals surface area contributed by atoms with Gasteiger partial charge in [-0.3, -0.25) is 9.59 Å². The van der Waals surface area contributed by atoms with Crippen molar-refractivity contribution >= 4 is 17.5 Å². The number of hydrogen-bond acceptors (Lipinski definition) is 3. The maximum absolute atomic E-state index is 12.0. The molecule has 0 aromatic heterocycles. The number of rotatable bonds is 8. The van der Waals surface area contributed by atoms with E-state index in [0.717, 1.165) is 18.4 Å². The summed E-state index contributed by atoms with van der Waals surface area (Å²) < 4.78 is 5.51. The Morgan fingerprint density at radius 1 is 1.04 bits per heavy atom. The number of amides is 2. The maximum atomic E-state index is 12.0. The highest BCUT2D eigenvalue weighted by atomic mass is 16.5. The Bertz CT molecular complexity index is 711. The number of anilines is 1. The lowest BCUT2D eigenvalue weighted by atomic mass is 10.2. The molecule has 0 unspecified atom stereocenters. The van der Waals surface area contributed by atoms with Gasteiger partial charge < -0.3 is 15.4 Å². The van der Waals surface area contributed by atoms with Gasteiger partial charge in [0.15, 0.2) is 6.61 Å². The van der Waals surface area contributed by atoms with Crippen LogP contribution in [0, 0.1) is 0 Å². The molecule has 2 aromatic carbocycles. The molecule has 0 radical (unpaired) electrons. The Balaban J connectivity index is 1.84. The number of carbonyl (C=O) groups is 2. The average molecular weight is 340 g/mol. The molecule has 2 aromatic rings. The van der Waals surface area contributed by atoms with E-state index in [1.807, 2.05) is 31.2 Å². The lowest BCUT2D eigenvalue weighted by molar-refractivity contribution is -0.118. The molecule has 0 bridgehead atoms. The van der Waals surface area contributed by atoms with E-state index in [1.165, 1.54) is 0 Å². The van der Waals surface area contributed by atoms with Crippen molar-refractivity contribution in [1.82, 2.24) is 5.32 Å². The molecule has 132 valence electrons. The van der Waals surface area contributed by atoms with Gasteiger partial charge in [0.05, 0.1) is 0 Å². The molecule has 0 saturated carbocycles. The Hall–Kier alpha value is -2.82. The predicted molar refractivity (Wildman–Crippen MR) is 99.0 cm³/mol. The van der Waals surface area contributed by atoms with Crippen LogP contribution in [0.25, 0.3) is 0 Å². The molecule has 0 spiro atoms. The molecule has 0 saturated heterocycles. The third kappa shape index (κ3) is 5.95. The first-order chi connectivity index (χ1) is 12.1. The molecule has 5 heteroatoms. The van der Waals surface area contributed by atoms with Crippen LogP contribution < -0.4 is 15.4 Å². The third-order valence-corrected chi connectivity index (χ3v) is 3.64. The molecular weight excluding hydrogens is 316 g/mol. The minimum Gasteiger partial charge on any atom is -0.484 e. The summed E-state index contributed by atoms with van der Waals surface area (Å²) in [6.07, 6.45) is 1.81. The second kappa shape index (κ2) is 9.47. The summed E-state index contributed by atoms with van der Waals surface area (Å²) in [5.74, 6) is 0.321. The number of nitrogens with one attached hydrogen (secondary N) is 2. The number of aryl methyl sites for hydroxylation is 1. The van der Waals surface area contributed by atoms with Crippen LogP contribution in [-0.2, 0) is 11.2 Å². The van der Waals surface area contributed by atoms with Crippen LogP contribution in [-0.4, -0.2) is 25.0 Å². The van der Waals surface area contributed by atoms with Crippen LogP contribution in [0.2, 0.25) is 0 Å². The van der Waals surface area contributed by atoms with Crippen molar-refractivity contribution in [2.75, 3.05) is 18.5 Å². The van der Waals surface area contributed by atoms with Gasteiger partial charge in [-0.25, -0.2) is 0 Å². The SMILES string of the molecule is CCCNC(=O)c1ccc(NC(=O)COc2cccc(CC)c2)cc1. The third-order valence-electron chi connectivity index (χ3n) is 3.64. The first kappa shape index (κ1) is 18.5. The molecular formula is C20H24N2O3. The topological polar surface area (TPSA) is 67.4 Å². The van der Waals surface area contributed by atoms with Crippen molar-refractivity contribution in [2.24, 2.45) is 0 Å². The fourth-order valence-electron chi connectivity index (χ4n) is 2.25. The number of carbonyl (C=O) groups excluding carboxylic acids is 2. The summed E-state index contributed by atoms with van der Waals surface area (Å²) in [6, 6.07) is 14.5. The fraction of sp³-hybridized carbons (Fsp3) is 0.300. The molecule has 0 aliphatic heterocycles. The van der Waals surface area contributed by atoms with E-state index in [4.69, 9.17) is 4.74 Å². The Morgan fingerprint density at radius 2 is 1.80 bits per heavy atom. The minimum atomic E-state index is -0.245. The zero-order valence-corrected chi connectivity index (χ0v) is 14.7. The number of benzene rings is 2. The van der Waals surface area contributed by atoms with Gasteiger partial charge >= 0.3 is 0 Å². The van der Waals surface area contributed by atoms with Gasteiger partial charge in [-0.15, -0.1) is 0 Å². The van der Waals surface area contributed by atoms with Crippen molar-refractivity contribution in [3.63, 3.8) is 0 Å². The van der Waals surface area contributed by atoms with Gasteiger partial charge in [0.2, 0.25) is 0 Å². The Labute approximate surface area is 148 Å². The molecule has 25 heavy (non-hydrogen) atoms. The molecule has 5 nitrogen and oxygen atoms in total. The molecule has 2 N–H and O–H groups in total. The molecule has 0 fully saturated rings. The summed E-state index contributed by atoms with van der Waals surface area (Å²) in [5.41, 5.74) is 2.36. The summed E-state index contributed by atoms with van der Waals surface area (Å²) in [4.78, 5) is 23.8. The van der Waals surface area contributed by atoms with E-state index in [9.17, 15) is 9.59 Å². The maximum Gasteiger partial charge on any atom is 0.262 e. The van der Waals surface area contributed by atoms with Crippen molar-refractivity contribution in [3.8, 4) is 5.75 Å². The Morgan fingerprint density at radius 3 is 2.48 bits per heavy atom. The summed E-state index contributed by atoms with van der Waals surface area (Å²) >= 11 is 0. The van der Waals surface area contributed by atoms with Gasteiger partial charge in [-0.2, -0.15) is 0 Å². The molecule has 0 aliphatic rings. The van der Waals surface area contributed by atoms with Crippen LogP contribution >= 0.6 is 0 Å². The molecule has 0 aliphatic carbocycles. The van der Waals surface area contributed by atoms with Crippen molar-refractivity contribution in [1.29, 1.82) is 0 Å². The lowest BCUT2D eigenvalue weighted by Gasteiger charge is -2.09. The summed E-state index contributed by atoms with van der Waals surface area (Å²) in [7, 11) is 0. The normalized spacial score (nSPS) is 10.2. The largest absolute Gasteiger partial charge is 0.484 e. The standard InChI is InChI=1S/C20H24N2O3/c1-3-12-21-20(24)16-8-10-17(11-9-16)22-19(23)14-25-18-7-5-6-15(4-2)13-18/h5-11,13H,3-4,12,14H2,1-2H3,(H,21,24)(H,22,23). The van der Waals surface area contributed by atoms with Crippen molar-refractivity contribution < 1.29 is 14.3 Å². The van der Waals surface area contributed by atoms with Crippen molar-refractivity contribution in [3.05, 3.63) is 59.7 Å². The lowest BCUT2D eigenvalue weighted by Crippen LogP contribution is -2.24. The molecule has 2 amide bonds. The van der Waals surface area contributed by atoms with Crippen LogP contribution in [0.15, 0.2) is 48.5 Å². The highest BCUT2D eigenvalue weighted by molar-refractivity contribution is 5.96. The van der Waals surface area contributed by atoms with Crippen molar-refractivity contribution in [2.45, 2.75) is 26.7 Å². The molecule has 0 heterocycles. The smallest absolute Gasteiger partial charge is 0.262 e. The van der Waals surface area contributed by atoms with E-state index < -0.39 is 0 Å². The number of ether oxygens (including phenoxy) is 1. The van der Waals surface area contributed by atoms with E-state index in [1.54, 1.807) is 24.3 Å². The quantitative estimate of drug-likeness (QED) is 0.774. The van der Waals surface area contributed by atoms with Gasteiger partial charge in [-0.1, -0.05) is 26.0 Å². The Kier molecular flexibility index (Phi) is 7.01. The molecule has 2 rings (SSSR count). The van der Waals surface area contributed by atoms with Crippen LogP contribution in [0.1, 0.15) is 36.2 Å². The second-order valence-corrected chi connectivity index (χ2v) is 5.67. The van der Waals surface area contributed by atoms with Crippen LogP contribution in [0.5, 0.6) is 5.75 Å². The minimum absolute atomic E-state index is 0.0636. The van der Waals surface area contributed by atoms with Crippen LogP contribution in [0.3, 0.4) is 0 Å². The zero-order chi connectivity index (χ0) is 18.1. The average Bonchev–Trinajstić information content (AvgIpc) is 2.65. The van der Waals surface area contributed by atoms with E-state index in [0.29, 0.717) is 23.5 Å². The summed E-state index contributed by atoms with van der Waals surface area (Å²) in [6.45, 7) is 4.65. The fourth-order valence-corrected chi connectivity index (χ4v) is 2.25. The van der Waals surface area contributed by atoms with Gasteiger partial charge in [0.1, 0.15) is 5.75 Å². The first-order valence-electron chi connectivity index (χ1n) is 8.52. The monoisotopic (exact) mass is 340 g/mol. The highest BCUT2D eigenvalue weighted by Gasteiger charge is 2.07. The zero-order valence-electron chi connectivity index (χ0n) is 14.7. The summed E-state index contributed by atoms with van der Waals surface area (Å²) in [5, 5.41) is 5.56. The van der Waals surface area contributed by atoms with Gasteiger partial charge in [-0.05, 0) is 54.8 Å². The first-order valence-corrected chi connectivity index (χ1v) is 8.52. The van der Waals surface area contributed by atoms with E-state index >= 15 is 0 Å². The molecule has 0 atom stereocenters. The van der Waals surface area contributed by atoms with E-state index in [2.05, 4.69) is 17.6 Å². The predicted octanol–water partition coefficient (Wildman–Crippen LogP) is 3.41.